The number of pyridine rings is 1. The quantitative estimate of drug-likeness (QED) is 0.316. The van der Waals surface area contributed by atoms with Gasteiger partial charge in [0.2, 0.25) is 0 Å². The van der Waals surface area contributed by atoms with E-state index in [2.05, 4.69) is 27.2 Å². The normalized spacial score (nSPS) is 16.8. The van der Waals surface area contributed by atoms with E-state index < -0.39 is 11.1 Å². The van der Waals surface area contributed by atoms with Crippen molar-refractivity contribution < 1.29 is 13.6 Å². The smallest absolute Gasteiger partial charge is 0.255 e. The molecule has 1 aliphatic carbocycles. The molecule has 2 atom stereocenters. The van der Waals surface area contributed by atoms with Gasteiger partial charge >= 0.3 is 0 Å². The molecule has 4 aromatic rings. The lowest BCUT2D eigenvalue weighted by atomic mass is 10.0. The van der Waals surface area contributed by atoms with Crippen LogP contribution < -0.4 is 5.32 Å². The number of hydrogen-bond donors (Lipinski definition) is 1. The molecule has 1 aliphatic heterocycles. The summed E-state index contributed by atoms with van der Waals surface area (Å²) in [5.41, 5.74) is 3.36. The summed E-state index contributed by atoms with van der Waals surface area (Å²) in [6, 6.07) is 9.32. The van der Waals surface area contributed by atoms with Crippen LogP contribution in [-0.4, -0.2) is 40.6 Å². The summed E-state index contributed by atoms with van der Waals surface area (Å²) >= 11 is 0.416. The third-order valence-corrected chi connectivity index (χ3v) is 9.27. The van der Waals surface area contributed by atoms with E-state index in [1.165, 1.54) is 22.7 Å². The summed E-state index contributed by atoms with van der Waals surface area (Å²) < 4.78 is 24.3. The molecule has 1 saturated carbocycles. The van der Waals surface area contributed by atoms with E-state index in [4.69, 9.17) is 0 Å². The number of nitrogens with zero attached hydrogens (tertiary/aromatic N) is 4. The van der Waals surface area contributed by atoms with Gasteiger partial charge in [-0.25, -0.2) is 15.0 Å². The van der Waals surface area contributed by atoms with Gasteiger partial charge in [0.1, 0.15) is 16.5 Å². The third-order valence-electron chi connectivity index (χ3n) is 6.67. The Labute approximate surface area is 218 Å². The third kappa shape index (κ3) is 4.26. The number of carbonyl (C=O) groups is 1. The van der Waals surface area contributed by atoms with Crippen LogP contribution in [0.5, 0.6) is 0 Å². The first-order valence-electron chi connectivity index (χ1n) is 11.6. The fraction of sp³-hybridized carbons (Fsp3) is 0.280. The number of thiazole rings is 2. The Morgan fingerprint density at radius 2 is 2.08 bits per heavy atom. The van der Waals surface area contributed by atoms with Crippen LogP contribution in [0.2, 0.25) is 0 Å². The number of fused-ring (bicyclic) bond motifs is 1. The van der Waals surface area contributed by atoms with Crippen LogP contribution in [0.25, 0.3) is 21.1 Å². The Kier molecular flexibility index (Phi) is 5.95. The fourth-order valence-electron chi connectivity index (χ4n) is 4.66. The van der Waals surface area contributed by atoms with Gasteiger partial charge < -0.3 is 14.8 Å². The maximum Gasteiger partial charge on any atom is 0.255 e. The SMILES string of the molecule is Cc1nc(Nc2cccc(-c3nccs3)n2)sc1-c1cc2c(c(S(=O)[O-])c1)C(=O)N(C(C)C1CC1)C2. The van der Waals surface area contributed by atoms with Gasteiger partial charge in [-0.3, -0.25) is 9.00 Å². The van der Waals surface area contributed by atoms with Gasteiger partial charge in [0.05, 0.1) is 16.1 Å². The summed E-state index contributed by atoms with van der Waals surface area (Å²) in [6.45, 7) is 4.38. The molecule has 1 amide bonds. The molecule has 0 saturated heterocycles. The molecule has 36 heavy (non-hydrogen) atoms. The molecule has 0 bridgehead atoms. The Morgan fingerprint density at radius 3 is 2.81 bits per heavy atom. The first kappa shape index (κ1) is 23.4. The van der Waals surface area contributed by atoms with E-state index in [-0.39, 0.29) is 16.8 Å². The van der Waals surface area contributed by atoms with Crippen LogP contribution in [0.1, 0.15) is 41.4 Å². The van der Waals surface area contributed by atoms with Crippen molar-refractivity contribution in [2.45, 2.75) is 44.2 Å². The van der Waals surface area contributed by atoms with Crippen molar-refractivity contribution in [3.05, 3.63) is 58.7 Å². The number of hydrogen-bond acceptors (Lipinski definition) is 9. The Balaban J connectivity index is 1.32. The topological polar surface area (TPSA) is 111 Å². The molecular formula is C25H22N5O3S3-. The summed E-state index contributed by atoms with van der Waals surface area (Å²) in [5, 5.41) is 6.66. The number of carbonyl (C=O) groups excluding carboxylic acids is 1. The van der Waals surface area contributed by atoms with Crippen molar-refractivity contribution in [2.75, 3.05) is 5.32 Å². The van der Waals surface area contributed by atoms with Crippen LogP contribution in [0, 0.1) is 12.8 Å². The average molecular weight is 537 g/mol. The molecule has 1 aromatic carbocycles. The number of amides is 1. The van der Waals surface area contributed by atoms with Crippen molar-refractivity contribution in [1.29, 1.82) is 0 Å². The van der Waals surface area contributed by atoms with Crippen molar-refractivity contribution in [3.63, 3.8) is 0 Å². The summed E-state index contributed by atoms with van der Waals surface area (Å²) in [7, 11) is 0. The van der Waals surface area contributed by atoms with E-state index in [0.29, 0.717) is 29.0 Å². The molecule has 0 radical (unpaired) electrons. The van der Waals surface area contributed by atoms with Gasteiger partial charge in [0.15, 0.2) is 5.13 Å². The van der Waals surface area contributed by atoms with E-state index in [9.17, 15) is 13.6 Å². The Morgan fingerprint density at radius 1 is 1.25 bits per heavy atom. The largest absolute Gasteiger partial charge is 0.768 e. The van der Waals surface area contributed by atoms with Gasteiger partial charge in [0, 0.05) is 29.1 Å². The zero-order valence-corrected chi connectivity index (χ0v) is 22.0. The van der Waals surface area contributed by atoms with E-state index in [1.807, 2.05) is 41.5 Å². The highest BCUT2D eigenvalue weighted by Gasteiger charge is 2.40. The number of rotatable bonds is 7. The zero-order valence-electron chi connectivity index (χ0n) is 19.6. The van der Waals surface area contributed by atoms with Gasteiger partial charge in [-0.1, -0.05) is 17.4 Å². The van der Waals surface area contributed by atoms with Crippen molar-refractivity contribution >= 4 is 50.6 Å². The Hall–Kier alpha value is -2.99. The second-order valence-electron chi connectivity index (χ2n) is 9.06. The molecule has 3 aromatic heterocycles. The summed E-state index contributed by atoms with van der Waals surface area (Å²) in [5.74, 6) is 0.960. The molecule has 8 nitrogen and oxygen atoms in total. The van der Waals surface area contributed by atoms with Gasteiger partial charge in [-0.15, -0.1) is 11.3 Å². The molecule has 11 heteroatoms. The Bertz CT molecular complexity index is 1500. The lowest BCUT2D eigenvalue weighted by molar-refractivity contribution is 0.0694. The van der Waals surface area contributed by atoms with Crippen molar-refractivity contribution in [2.24, 2.45) is 5.92 Å². The standard InChI is InChI=1S/C25H23N5O3S3/c1-13-22(35-25(27-13)29-20-5-3-4-18(28-20)23-26-8-9-34-23)16-10-17-12-30(14(2)15-6-7-15)24(31)21(17)19(11-16)36(32)33/h3-5,8-11,14-15H,6-7,12H2,1-2H3,(H,32,33)(H,27,28,29)/p-1. The molecule has 2 unspecified atom stereocenters. The average Bonchev–Trinajstić information content (AvgIpc) is 3.27. The van der Waals surface area contributed by atoms with E-state index in [0.717, 1.165) is 45.2 Å². The number of aryl methyl sites for hydroxylation is 1. The molecule has 184 valence electrons. The van der Waals surface area contributed by atoms with Crippen molar-refractivity contribution in [3.8, 4) is 21.1 Å². The first-order valence-corrected chi connectivity index (χ1v) is 14.3. The predicted molar refractivity (Wildman–Crippen MR) is 140 cm³/mol. The van der Waals surface area contributed by atoms with Crippen LogP contribution in [0.15, 0.2) is 46.8 Å². The number of aromatic nitrogens is 3. The minimum Gasteiger partial charge on any atom is -0.768 e. The summed E-state index contributed by atoms with van der Waals surface area (Å²) in [6.07, 6.45) is 3.98. The maximum atomic E-state index is 13.2. The highest BCUT2D eigenvalue weighted by molar-refractivity contribution is 7.79. The van der Waals surface area contributed by atoms with E-state index >= 15 is 0 Å². The predicted octanol–water partition coefficient (Wildman–Crippen LogP) is 5.37. The monoisotopic (exact) mass is 536 g/mol. The van der Waals surface area contributed by atoms with Gasteiger partial charge in [-0.2, -0.15) is 0 Å². The molecule has 1 N–H and O–H groups in total. The minimum atomic E-state index is -2.53. The molecule has 2 aliphatic rings. The highest BCUT2D eigenvalue weighted by Crippen LogP contribution is 2.42. The lowest BCUT2D eigenvalue weighted by Crippen LogP contribution is -2.34. The maximum absolute atomic E-state index is 13.2. The molecule has 1 fully saturated rings. The number of benzene rings is 1. The molecule has 6 rings (SSSR count). The van der Waals surface area contributed by atoms with Gasteiger partial charge in [-0.05, 0) is 79.1 Å². The second-order valence-corrected chi connectivity index (χ2v) is 11.9. The number of nitrogens with one attached hydrogen (secondary N) is 1. The zero-order chi connectivity index (χ0) is 25.0. The lowest BCUT2D eigenvalue weighted by Gasteiger charge is -2.24. The van der Waals surface area contributed by atoms with Crippen LogP contribution >= 0.6 is 22.7 Å². The van der Waals surface area contributed by atoms with Crippen LogP contribution in [0.4, 0.5) is 10.9 Å². The minimum absolute atomic E-state index is 0.0538. The molecular weight excluding hydrogens is 515 g/mol. The van der Waals surface area contributed by atoms with Crippen LogP contribution in [0.3, 0.4) is 0 Å². The molecule has 0 spiro atoms. The van der Waals surface area contributed by atoms with E-state index in [1.54, 1.807) is 12.3 Å². The second kappa shape index (κ2) is 9.15. The first-order chi connectivity index (χ1) is 17.4. The van der Waals surface area contributed by atoms with Crippen LogP contribution in [-0.2, 0) is 17.6 Å². The van der Waals surface area contributed by atoms with Crippen molar-refractivity contribution in [1.82, 2.24) is 19.9 Å². The fourth-order valence-corrected chi connectivity index (χ4v) is 6.84. The summed E-state index contributed by atoms with van der Waals surface area (Å²) in [4.78, 5) is 29.5. The highest BCUT2D eigenvalue weighted by atomic mass is 32.2. The number of anilines is 2. The van der Waals surface area contributed by atoms with Gasteiger partial charge in [0.25, 0.3) is 5.91 Å². The molecule has 4 heterocycles.